The molecule has 0 atom stereocenters. The normalized spacial score (nSPS) is 12.0. The zero-order valence-electron chi connectivity index (χ0n) is 10.5. The Kier molecular flexibility index (Phi) is 3.35. The molecule has 0 N–H and O–H groups in total. The summed E-state index contributed by atoms with van der Waals surface area (Å²) in [5.74, 6) is 0.843. The highest BCUT2D eigenvalue weighted by atomic mass is 32.2. The van der Waals surface area contributed by atoms with E-state index in [2.05, 4.69) is 30.7 Å². The van der Waals surface area contributed by atoms with Crippen LogP contribution in [0.2, 0.25) is 0 Å². The van der Waals surface area contributed by atoms with Crippen molar-refractivity contribution in [2.24, 2.45) is 0 Å². The Morgan fingerprint density at radius 2 is 1.82 bits per heavy atom. The summed E-state index contributed by atoms with van der Waals surface area (Å²) < 4.78 is 5.13. The molecule has 0 fully saturated rings. The van der Waals surface area contributed by atoms with Crippen LogP contribution in [-0.4, -0.2) is 17.1 Å². The molecule has 0 aliphatic rings. The second kappa shape index (κ2) is 4.63. The van der Waals surface area contributed by atoms with E-state index >= 15 is 0 Å². The SMILES string of the molecule is COSc1nc(C(C)(C)C)nc2ccccc12. The number of para-hydroxylation sites is 1. The molecule has 0 saturated carbocycles. The number of benzene rings is 1. The molecule has 0 unspecified atom stereocenters. The fourth-order valence-electron chi connectivity index (χ4n) is 1.53. The summed E-state index contributed by atoms with van der Waals surface area (Å²) in [6, 6.07) is 8.00. The minimum absolute atomic E-state index is 0.0624. The molecule has 1 aromatic heterocycles. The summed E-state index contributed by atoms with van der Waals surface area (Å²) in [4.78, 5) is 9.20. The quantitative estimate of drug-likeness (QED) is 0.601. The molecule has 0 aliphatic carbocycles. The van der Waals surface area contributed by atoms with Crippen molar-refractivity contribution in [1.29, 1.82) is 0 Å². The van der Waals surface area contributed by atoms with Gasteiger partial charge in [0.25, 0.3) is 0 Å². The van der Waals surface area contributed by atoms with Crippen LogP contribution in [0.4, 0.5) is 0 Å². The molecule has 90 valence electrons. The van der Waals surface area contributed by atoms with Crippen molar-refractivity contribution in [1.82, 2.24) is 9.97 Å². The van der Waals surface area contributed by atoms with Gasteiger partial charge < -0.3 is 4.18 Å². The third kappa shape index (κ3) is 2.58. The maximum Gasteiger partial charge on any atom is 0.135 e. The van der Waals surface area contributed by atoms with E-state index in [0.29, 0.717) is 0 Å². The van der Waals surface area contributed by atoms with Crippen molar-refractivity contribution in [3.8, 4) is 0 Å². The van der Waals surface area contributed by atoms with Crippen LogP contribution < -0.4 is 0 Å². The zero-order chi connectivity index (χ0) is 12.5. The Bertz CT molecular complexity index is 534. The molecule has 3 nitrogen and oxygen atoms in total. The third-order valence-corrected chi connectivity index (χ3v) is 3.04. The van der Waals surface area contributed by atoms with Crippen molar-refractivity contribution in [2.45, 2.75) is 31.2 Å². The smallest absolute Gasteiger partial charge is 0.135 e. The molecular formula is C13H16N2OS. The Morgan fingerprint density at radius 3 is 2.47 bits per heavy atom. The van der Waals surface area contributed by atoms with Crippen LogP contribution >= 0.6 is 12.0 Å². The minimum Gasteiger partial charge on any atom is -0.312 e. The van der Waals surface area contributed by atoms with E-state index in [0.717, 1.165) is 21.8 Å². The first-order valence-corrected chi connectivity index (χ1v) is 6.24. The lowest BCUT2D eigenvalue weighted by Crippen LogP contribution is -2.16. The van der Waals surface area contributed by atoms with Gasteiger partial charge in [-0.15, -0.1) is 0 Å². The monoisotopic (exact) mass is 248 g/mol. The molecule has 1 aromatic carbocycles. The lowest BCUT2D eigenvalue weighted by atomic mass is 9.95. The van der Waals surface area contributed by atoms with Crippen LogP contribution in [-0.2, 0) is 9.60 Å². The van der Waals surface area contributed by atoms with Gasteiger partial charge in [0, 0.05) is 22.8 Å². The van der Waals surface area contributed by atoms with Crippen molar-refractivity contribution in [3.63, 3.8) is 0 Å². The number of hydrogen-bond acceptors (Lipinski definition) is 4. The highest BCUT2D eigenvalue weighted by Crippen LogP contribution is 2.28. The number of nitrogens with zero attached hydrogens (tertiary/aromatic N) is 2. The van der Waals surface area contributed by atoms with Gasteiger partial charge in [0.1, 0.15) is 10.9 Å². The van der Waals surface area contributed by atoms with Gasteiger partial charge in [0.15, 0.2) is 0 Å². The number of fused-ring (bicyclic) bond motifs is 1. The summed E-state index contributed by atoms with van der Waals surface area (Å²) in [5.41, 5.74) is 0.902. The van der Waals surface area contributed by atoms with Crippen LogP contribution in [0.3, 0.4) is 0 Å². The maximum atomic E-state index is 5.13. The van der Waals surface area contributed by atoms with Gasteiger partial charge in [-0.25, -0.2) is 9.97 Å². The third-order valence-electron chi connectivity index (χ3n) is 2.40. The highest BCUT2D eigenvalue weighted by molar-refractivity contribution is 7.94. The van der Waals surface area contributed by atoms with Crippen molar-refractivity contribution < 1.29 is 4.18 Å². The number of hydrogen-bond donors (Lipinski definition) is 0. The van der Waals surface area contributed by atoms with Crippen LogP contribution in [0.25, 0.3) is 10.9 Å². The van der Waals surface area contributed by atoms with Crippen molar-refractivity contribution in [3.05, 3.63) is 30.1 Å². The fraction of sp³-hybridized carbons (Fsp3) is 0.385. The Labute approximate surface area is 106 Å². The topological polar surface area (TPSA) is 35.0 Å². The molecule has 2 aromatic rings. The first kappa shape index (κ1) is 12.3. The zero-order valence-corrected chi connectivity index (χ0v) is 11.3. The van der Waals surface area contributed by atoms with Crippen molar-refractivity contribution in [2.75, 3.05) is 7.11 Å². The van der Waals surface area contributed by atoms with E-state index in [4.69, 9.17) is 4.18 Å². The van der Waals surface area contributed by atoms with E-state index in [1.807, 2.05) is 24.3 Å². The van der Waals surface area contributed by atoms with E-state index < -0.39 is 0 Å². The molecule has 4 heteroatoms. The predicted octanol–water partition coefficient (Wildman–Crippen LogP) is 3.58. The van der Waals surface area contributed by atoms with Gasteiger partial charge in [-0.1, -0.05) is 39.0 Å². The van der Waals surface area contributed by atoms with Gasteiger partial charge >= 0.3 is 0 Å². The number of aromatic nitrogens is 2. The highest BCUT2D eigenvalue weighted by Gasteiger charge is 2.19. The Morgan fingerprint density at radius 1 is 1.12 bits per heavy atom. The lowest BCUT2D eigenvalue weighted by Gasteiger charge is -2.18. The van der Waals surface area contributed by atoms with Gasteiger partial charge in [-0.2, -0.15) is 0 Å². The summed E-state index contributed by atoms with van der Waals surface area (Å²) in [5, 5.41) is 1.91. The van der Waals surface area contributed by atoms with E-state index in [1.165, 1.54) is 12.0 Å². The van der Waals surface area contributed by atoms with Crippen LogP contribution in [0.5, 0.6) is 0 Å². The molecule has 0 aliphatic heterocycles. The summed E-state index contributed by atoms with van der Waals surface area (Å²) in [6.07, 6.45) is 0. The van der Waals surface area contributed by atoms with Crippen LogP contribution in [0, 0.1) is 0 Å². The van der Waals surface area contributed by atoms with E-state index in [-0.39, 0.29) is 5.41 Å². The fourth-order valence-corrected chi connectivity index (χ4v) is 2.07. The van der Waals surface area contributed by atoms with Gasteiger partial charge in [-0.05, 0) is 6.07 Å². The van der Waals surface area contributed by atoms with Gasteiger partial charge in [0.05, 0.1) is 12.6 Å². The van der Waals surface area contributed by atoms with E-state index in [1.54, 1.807) is 7.11 Å². The minimum atomic E-state index is -0.0624. The summed E-state index contributed by atoms with van der Waals surface area (Å²) in [6.45, 7) is 6.33. The average molecular weight is 248 g/mol. The first-order valence-electron chi connectivity index (χ1n) is 5.50. The predicted molar refractivity (Wildman–Crippen MR) is 71.1 cm³/mol. The van der Waals surface area contributed by atoms with Crippen molar-refractivity contribution >= 4 is 22.9 Å². The molecule has 0 bridgehead atoms. The molecule has 2 rings (SSSR count). The molecule has 1 heterocycles. The summed E-state index contributed by atoms with van der Waals surface area (Å²) >= 11 is 1.28. The summed E-state index contributed by atoms with van der Waals surface area (Å²) in [7, 11) is 1.65. The molecule has 0 radical (unpaired) electrons. The maximum absolute atomic E-state index is 5.13. The van der Waals surface area contributed by atoms with Crippen LogP contribution in [0.15, 0.2) is 29.3 Å². The molecular weight excluding hydrogens is 232 g/mol. The van der Waals surface area contributed by atoms with Gasteiger partial charge in [0.2, 0.25) is 0 Å². The van der Waals surface area contributed by atoms with Crippen LogP contribution in [0.1, 0.15) is 26.6 Å². The number of rotatable bonds is 2. The Balaban J connectivity index is 2.67. The molecule has 0 spiro atoms. The lowest BCUT2D eigenvalue weighted by molar-refractivity contribution is 0.486. The first-order chi connectivity index (χ1) is 8.02. The second-order valence-electron chi connectivity index (χ2n) is 4.87. The average Bonchev–Trinajstić information content (AvgIpc) is 2.28. The largest absolute Gasteiger partial charge is 0.312 e. The molecule has 0 amide bonds. The second-order valence-corrected chi connectivity index (χ2v) is 5.76. The molecule has 0 saturated heterocycles. The standard InChI is InChI=1S/C13H16N2OS/c1-13(2,3)12-14-10-8-6-5-7-9(10)11(15-12)17-16-4/h5-8H,1-4H3. The van der Waals surface area contributed by atoms with E-state index in [9.17, 15) is 0 Å². The molecule has 17 heavy (non-hydrogen) atoms. The van der Waals surface area contributed by atoms with Gasteiger partial charge in [-0.3, -0.25) is 0 Å². The Hall–Kier alpha value is -1.13.